The number of aryl methyl sites for hydroxylation is 3. The number of fused-ring (bicyclic) bond motifs is 2. The minimum absolute atomic E-state index is 0.742. The number of hydrogen-bond acceptors (Lipinski definition) is 1. The zero-order valence-corrected chi connectivity index (χ0v) is 10.6. The van der Waals surface area contributed by atoms with Crippen LogP contribution in [0.25, 0.3) is 0 Å². The van der Waals surface area contributed by atoms with Crippen molar-refractivity contribution in [1.82, 2.24) is 4.98 Å². The highest BCUT2D eigenvalue weighted by Gasteiger charge is 2.14. The highest BCUT2D eigenvalue weighted by molar-refractivity contribution is 6.30. The average molecular weight is 244 g/mol. The molecule has 0 N–H and O–H groups in total. The Morgan fingerprint density at radius 2 is 1.88 bits per heavy atom. The summed E-state index contributed by atoms with van der Waals surface area (Å²) in [5.74, 6) is 0. The third kappa shape index (κ3) is 2.07. The maximum absolute atomic E-state index is 6.00. The van der Waals surface area contributed by atoms with E-state index in [1.807, 2.05) is 0 Å². The molecule has 0 bridgehead atoms. The highest BCUT2D eigenvalue weighted by atomic mass is 35.5. The molecule has 0 spiro atoms. The van der Waals surface area contributed by atoms with Crippen molar-refractivity contribution >= 4 is 11.6 Å². The normalized spacial score (nSPS) is 13.8. The molecule has 0 atom stereocenters. The molecule has 1 heterocycles. The fourth-order valence-electron chi connectivity index (χ4n) is 2.49. The van der Waals surface area contributed by atoms with Crippen molar-refractivity contribution in [3.05, 3.63) is 63.4 Å². The molecule has 0 aliphatic heterocycles. The van der Waals surface area contributed by atoms with E-state index in [1.165, 1.54) is 27.9 Å². The number of hydrogen-bond donors (Lipinski definition) is 0. The van der Waals surface area contributed by atoms with Crippen molar-refractivity contribution < 1.29 is 0 Å². The van der Waals surface area contributed by atoms with Gasteiger partial charge in [0.25, 0.3) is 0 Å². The van der Waals surface area contributed by atoms with Crippen molar-refractivity contribution in [3.8, 4) is 0 Å². The molecule has 0 fully saturated rings. The van der Waals surface area contributed by atoms with E-state index < -0.39 is 0 Å². The van der Waals surface area contributed by atoms with Gasteiger partial charge in [-0.25, -0.2) is 0 Å². The van der Waals surface area contributed by atoms with Gasteiger partial charge >= 0.3 is 0 Å². The second-order valence-corrected chi connectivity index (χ2v) is 5.14. The Balaban J connectivity index is 2.07. The lowest BCUT2D eigenvalue weighted by Gasteiger charge is -2.06. The molecule has 0 unspecified atom stereocenters. The van der Waals surface area contributed by atoms with Gasteiger partial charge in [0.1, 0.15) is 0 Å². The topological polar surface area (TPSA) is 12.9 Å². The van der Waals surface area contributed by atoms with Gasteiger partial charge in [0.05, 0.1) is 5.02 Å². The van der Waals surface area contributed by atoms with E-state index >= 15 is 0 Å². The monoisotopic (exact) mass is 243 g/mol. The van der Waals surface area contributed by atoms with Gasteiger partial charge in [0.15, 0.2) is 0 Å². The first-order valence-electron chi connectivity index (χ1n) is 5.94. The minimum atomic E-state index is 0.742. The van der Waals surface area contributed by atoms with Crippen LogP contribution in [0.3, 0.4) is 0 Å². The molecule has 1 aromatic carbocycles. The number of aromatic nitrogens is 1. The van der Waals surface area contributed by atoms with Gasteiger partial charge < -0.3 is 0 Å². The van der Waals surface area contributed by atoms with Crippen LogP contribution >= 0.6 is 11.6 Å². The van der Waals surface area contributed by atoms with Gasteiger partial charge in [0, 0.05) is 18.3 Å². The number of benzene rings is 1. The Morgan fingerprint density at radius 1 is 1.06 bits per heavy atom. The summed E-state index contributed by atoms with van der Waals surface area (Å²) in [6, 6.07) is 8.77. The van der Waals surface area contributed by atoms with Crippen LogP contribution in [0.2, 0.25) is 5.02 Å². The highest BCUT2D eigenvalue weighted by Crippen LogP contribution is 2.25. The van der Waals surface area contributed by atoms with Crippen molar-refractivity contribution in [1.29, 1.82) is 0 Å². The van der Waals surface area contributed by atoms with Crippen LogP contribution in [0.5, 0.6) is 0 Å². The largest absolute Gasteiger partial charge is 0.259 e. The maximum Gasteiger partial charge on any atom is 0.0592 e. The number of nitrogens with zero attached hydrogens (tertiary/aromatic N) is 1. The molecule has 3 rings (SSSR count). The molecule has 0 amide bonds. The Labute approximate surface area is 106 Å². The summed E-state index contributed by atoms with van der Waals surface area (Å²) in [5, 5.41) is 0.742. The molecular weight excluding hydrogens is 230 g/mol. The fraction of sp³-hybridized carbons (Fsp3) is 0.267. The molecule has 1 nitrogen and oxygen atoms in total. The molecule has 0 saturated heterocycles. The summed E-state index contributed by atoms with van der Waals surface area (Å²) in [5.41, 5.74) is 6.67. The van der Waals surface area contributed by atoms with Crippen molar-refractivity contribution in [2.75, 3.05) is 0 Å². The van der Waals surface area contributed by atoms with Crippen molar-refractivity contribution in [2.24, 2.45) is 0 Å². The van der Waals surface area contributed by atoms with E-state index in [-0.39, 0.29) is 0 Å². The first kappa shape index (κ1) is 10.8. The zero-order valence-electron chi connectivity index (χ0n) is 9.83. The van der Waals surface area contributed by atoms with E-state index in [4.69, 9.17) is 11.6 Å². The van der Waals surface area contributed by atoms with Gasteiger partial charge in [-0.1, -0.05) is 35.4 Å². The van der Waals surface area contributed by atoms with Crippen LogP contribution < -0.4 is 0 Å². The van der Waals surface area contributed by atoms with Gasteiger partial charge in [0.2, 0.25) is 0 Å². The first-order valence-corrected chi connectivity index (χ1v) is 6.32. The first-order chi connectivity index (χ1) is 8.22. The second kappa shape index (κ2) is 4.15. The Hall–Kier alpha value is -1.34. The second-order valence-electron chi connectivity index (χ2n) is 4.71. The summed E-state index contributed by atoms with van der Waals surface area (Å²) < 4.78 is 0. The van der Waals surface area contributed by atoms with Crippen LogP contribution in [0.4, 0.5) is 0 Å². The fourth-order valence-corrected chi connectivity index (χ4v) is 2.68. The summed E-state index contributed by atoms with van der Waals surface area (Å²) in [6.07, 6.45) is 4.81. The summed E-state index contributed by atoms with van der Waals surface area (Å²) >= 11 is 6.00. The van der Waals surface area contributed by atoms with Gasteiger partial charge in [-0.2, -0.15) is 0 Å². The summed E-state index contributed by atoms with van der Waals surface area (Å²) in [6.45, 7) is 2.15. The Bertz CT molecular complexity index is 524. The lowest BCUT2D eigenvalue weighted by Crippen LogP contribution is -1.96. The molecule has 86 valence electrons. The van der Waals surface area contributed by atoms with Crippen LogP contribution in [0.15, 0.2) is 30.5 Å². The minimum Gasteiger partial charge on any atom is -0.259 e. The zero-order chi connectivity index (χ0) is 11.8. The van der Waals surface area contributed by atoms with Crippen LogP contribution in [-0.4, -0.2) is 4.98 Å². The predicted octanol–water partition coefficient (Wildman–Crippen LogP) is 3.73. The number of pyridine rings is 1. The summed E-state index contributed by atoms with van der Waals surface area (Å²) in [4.78, 5) is 4.47. The third-order valence-corrected chi connectivity index (χ3v) is 3.62. The molecule has 0 radical (unpaired) electrons. The lowest BCUT2D eigenvalue weighted by molar-refractivity contribution is 0.951. The van der Waals surface area contributed by atoms with Gasteiger partial charge in [-0.3, -0.25) is 4.98 Å². The molecule has 1 aliphatic rings. The number of halogens is 1. The molecule has 2 aromatic rings. The molecule has 0 saturated carbocycles. The van der Waals surface area contributed by atoms with Gasteiger partial charge in [-0.15, -0.1) is 0 Å². The van der Waals surface area contributed by atoms with E-state index in [2.05, 4.69) is 36.2 Å². The van der Waals surface area contributed by atoms with E-state index in [9.17, 15) is 0 Å². The Morgan fingerprint density at radius 3 is 2.76 bits per heavy atom. The van der Waals surface area contributed by atoms with Crippen LogP contribution in [0, 0.1) is 6.92 Å². The SMILES string of the molecule is Cc1ccc2c(c1)CCc1cc(Cl)cnc1C2. The predicted molar refractivity (Wildman–Crippen MR) is 70.6 cm³/mol. The molecule has 2 heteroatoms. The molecular formula is C15H14ClN. The maximum atomic E-state index is 6.00. The van der Waals surface area contributed by atoms with E-state index in [1.54, 1.807) is 6.20 Å². The smallest absolute Gasteiger partial charge is 0.0592 e. The molecule has 17 heavy (non-hydrogen) atoms. The molecule has 1 aliphatic carbocycles. The third-order valence-electron chi connectivity index (χ3n) is 3.41. The van der Waals surface area contributed by atoms with Crippen LogP contribution in [0.1, 0.15) is 27.9 Å². The van der Waals surface area contributed by atoms with Crippen molar-refractivity contribution in [3.63, 3.8) is 0 Å². The standard InChI is InChI=1S/C15H14ClN/c1-10-2-3-12-8-15-13(5-4-11(12)6-10)7-14(16)9-17-15/h2-3,6-7,9H,4-5,8H2,1H3. The number of rotatable bonds is 0. The van der Waals surface area contributed by atoms with Crippen LogP contribution in [-0.2, 0) is 19.3 Å². The van der Waals surface area contributed by atoms with E-state index in [0.717, 1.165) is 24.3 Å². The quantitative estimate of drug-likeness (QED) is 0.687. The average Bonchev–Trinajstić information content (AvgIpc) is 2.48. The van der Waals surface area contributed by atoms with Crippen molar-refractivity contribution in [2.45, 2.75) is 26.2 Å². The summed E-state index contributed by atoms with van der Waals surface area (Å²) in [7, 11) is 0. The Kier molecular flexibility index (Phi) is 2.64. The lowest BCUT2D eigenvalue weighted by atomic mass is 10.0. The van der Waals surface area contributed by atoms with E-state index in [0.29, 0.717) is 0 Å². The molecule has 1 aromatic heterocycles. The van der Waals surface area contributed by atoms with Gasteiger partial charge in [-0.05, 0) is 42.5 Å².